The van der Waals surface area contributed by atoms with Crippen molar-refractivity contribution in [1.29, 1.82) is 0 Å². The number of amides is 2. The maximum Gasteiger partial charge on any atom is 0.322 e. The highest BCUT2D eigenvalue weighted by molar-refractivity contribution is 6.09. The summed E-state index contributed by atoms with van der Waals surface area (Å²) in [6, 6.07) is 7.48. The lowest BCUT2D eigenvalue weighted by Gasteiger charge is -2.16. The van der Waals surface area contributed by atoms with Gasteiger partial charge >= 0.3 is 5.97 Å². The van der Waals surface area contributed by atoms with Crippen molar-refractivity contribution in [2.75, 3.05) is 18.0 Å². The van der Waals surface area contributed by atoms with Crippen LogP contribution in [0.2, 0.25) is 0 Å². The summed E-state index contributed by atoms with van der Waals surface area (Å²) < 4.78 is 0. The Labute approximate surface area is 116 Å². The molecule has 6 nitrogen and oxygen atoms in total. The zero-order chi connectivity index (χ0) is 14.7. The molecule has 106 valence electrons. The zero-order valence-electron chi connectivity index (χ0n) is 11.1. The monoisotopic (exact) mass is 276 g/mol. The predicted octanol–water partition coefficient (Wildman–Crippen LogP) is 0.549. The van der Waals surface area contributed by atoms with Crippen LogP contribution in [0.15, 0.2) is 24.3 Å². The summed E-state index contributed by atoms with van der Waals surface area (Å²) >= 11 is 0. The van der Waals surface area contributed by atoms with Gasteiger partial charge < -0.3 is 15.3 Å². The molecule has 1 atom stereocenters. The Balaban J connectivity index is 2.03. The molecule has 2 rings (SSSR count). The summed E-state index contributed by atoms with van der Waals surface area (Å²) in [6.07, 6.45) is 0.401. The first-order valence-electron chi connectivity index (χ1n) is 6.36. The number of aryl methyl sites for hydroxylation is 1. The number of nitrogens with zero attached hydrogens (tertiary/aromatic N) is 1. The van der Waals surface area contributed by atoms with Gasteiger partial charge in [0.2, 0.25) is 11.8 Å². The molecule has 1 saturated heterocycles. The van der Waals surface area contributed by atoms with E-state index in [0.29, 0.717) is 13.0 Å². The van der Waals surface area contributed by atoms with Gasteiger partial charge in [-0.25, -0.2) is 0 Å². The number of benzene rings is 1. The molecule has 0 saturated carbocycles. The molecule has 2 amide bonds. The van der Waals surface area contributed by atoms with Gasteiger partial charge in [-0.2, -0.15) is 0 Å². The highest BCUT2D eigenvalue weighted by Crippen LogP contribution is 2.25. The summed E-state index contributed by atoms with van der Waals surface area (Å²) in [6.45, 7) is 1.96. The Morgan fingerprint density at radius 2 is 2.00 bits per heavy atom. The number of carbonyl (C=O) groups is 3. The van der Waals surface area contributed by atoms with Crippen LogP contribution >= 0.6 is 0 Å². The summed E-state index contributed by atoms with van der Waals surface area (Å²) in [5.74, 6) is -2.72. The number of aliphatic carboxylic acids is 1. The second-order valence-corrected chi connectivity index (χ2v) is 4.78. The van der Waals surface area contributed by atoms with Crippen molar-refractivity contribution >= 4 is 23.5 Å². The van der Waals surface area contributed by atoms with E-state index in [9.17, 15) is 14.4 Å². The van der Waals surface area contributed by atoms with E-state index >= 15 is 0 Å². The minimum atomic E-state index is -1.13. The third-order valence-electron chi connectivity index (χ3n) is 3.28. The first-order chi connectivity index (χ1) is 9.49. The molecule has 0 aliphatic carbocycles. The van der Waals surface area contributed by atoms with E-state index in [2.05, 4.69) is 5.32 Å². The van der Waals surface area contributed by atoms with E-state index in [4.69, 9.17) is 5.11 Å². The van der Waals surface area contributed by atoms with E-state index in [1.807, 2.05) is 31.2 Å². The van der Waals surface area contributed by atoms with Gasteiger partial charge in [0.1, 0.15) is 12.5 Å². The molecule has 0 spiro atoms. The van der Waals surface area contributed by atoms with Crippen LogP contribution in [-0.4, -0.2) is 36.0 Å². The second-order valence-electron chi connectivity index (χ2n) is 4.78. The number of hydrogen-bond donors (Lipinski definition) is 2. The van der Waals surface area contributed by atoms with E-state index in [-0.39, 0.29) is 5.91 Å². The maximum absolute atomic E-state index is 12.2. The Morgan fingerprint density at radius 3 is 2.60 bits per heavy atom. The van der Waals surface area contributed by atoms with Gasteiger partial charge in [0, 0.05) is 12.2 Å². The number of carbonyl (C=O) groups excluding carboxylic acids is 2. The van der Waals surface area contributed by atoms with Gasteiger partial charge in [0.25, 0.3) is 0 Å². The maximum atomic E-state index is 12.2. The molecule has 0 radical (unpaired) electrons. The van der Waals surface area contributed by atoms with Gasteiger partial charge in [0.15, 0.2) is 0 Å². The smallest absolute Gasteiger partial charge is 0.322 e. The molecule has 2 N–H and O–H groups in total. The van der Waals surface area contributed by atoms with Gasteiger partial charge in [-0.15, -0.1) is 0 Å². The molecule has 1 aliphatic heterocycles. The fourth-order valence-corrected chi connectivity index (χ4v) is 2.19. The number of rotatable bonds is 4. The minimum absolute atomic E-state index is 0.281. The van der Waals surface area contributed by atoms with Gasteiger partial charge in [-0.05, 0) is 25.5 Å². The summed E-state index contributed by atoms with van der Waals surface area (Å²) in [4.78, 5) is 35.9. The highest BCUT2D eigenvalue weighted by atomic mass is 16.4. The van der Waals surface area contributed by atoms with Crippen molar-refractivity contribution in [3.63, 3.8) is 0 Å². The Morgan fingerprint density at radius 1 is 1.35 bits per heavy atom. The van der Waals surface area contributed by atoms with Crippen LogP contribution in [-0.2, 0) is 14.4 Å². The SMILES string of the molecule is Cc1ccc(N2CCC(C(=O)NCC(=O)O)C2=O)cc1. The highest BCUT2D eigenvalue weighted by Gasteiger charge is 2.37. The fourth-order valence-electron chi connectivity index (χ4n) is 2.19. The van der Waals surface area contributed by atoms with Gasteiger partial charge in [-0.3, -0.25) is 14.4 Å². The molecule has 0 aromatic heterocycles. The Bertz CT molecular complexity index is 539. The molecule has 0 bridgehead atoms. The Hall–Kier alpha value is -2.37. The van der Waals surface area contributed by atoms with Crippen molar-refractivity contribution in [2.45, 2.75) is 13.3 Å². The molecular formula is C14H16N2O4. The van der Waals surface area contributed by atoms with Crippen LogP contribution in [0.25, 0.3) is 0 Å². The van der Waals surface area contributed by atoms with Crippen LogP contribution in [0.3, 0.4) is 0 Å². The molecule has 1 aromatic rings. The molecule has 1 fully saturated rings. The predicted molar refractivity (Wildman–Crippen MR) is 72.3 cm³/mol. The number of hydrogen-bond acceptors (Lipinski definition) is 3. The van der Waals surface area contributed by atoms with Crippen molar-refractivity contribution in [3.8, 4) is 0 Å². The molecule has 1 aliphatic rings. The standard InChI is InChI=1S/C14H16N2O4/c1-9-2-4-10(5-3-9)16-7-6-11(14(16)20)13(19)15-8-12(17)18/h2-5,11H,6-8H2,1H3,(H,15,19)(H,17,18). The number of carboxylic acid groups (broad SMARTS) is 1. The largest absolute Gasteiger partial charge is 0.480 e. The summed E-state index contributed by atoms with van der Waals surface area (Å²) in [5.41, 5.74) is 1.85. The second kappa shape index (κ2) is 5.73. The minimum Gasteiger partial charge on any atom is -0.480 e. The van der Waals surface area contributed by atoms with E-state index in [1.165, 1.54) is 0 Å². The third-order valence-corrected chi connectivity index (χ3v) is 3.28. The first kappa shape index (κ1) is 14.0. The lowest BCUT2D eigenvalue weighted by Crippen LogP contribution is -2.38. The molecule has 1 heterocycles. The molecule has 1 aromatic carbocycles. The van der Waals surface area contributed by atoms with Gasteiger partial charge in [-0.1, -0.05) is 17.7 Å². The summed E-state index contributed by atoms with van der Waals surface area (Å²) in [5, 5.41) is 10.8. The normalized spacial score (nSPS) is 18.1. The van der Waals surface area contributed by atoms with Crippen LogP contribution in [0, 0.1) is 12.8 Å². The van der Waals surface area contributed by atoms with E-state index < -0.39 is 24.3 Å². The van der Waals surface area contributed by atoms with Crippen molar-refractivity contribution in [3.05, 3.63) is 29.8 Å². The van der Waals surface area contributed by atoms with Crippen LogP contribution in [0.4, 0.5) is 5.69 Å². The fraction of sp³-hybridized carbons (Fsp3) is 0.357. The zero-order valence-corrected chi connectivity index (χ0v) is 11.1. The number of anilines is 1. The van der Waals surface area contributed by atoms with Crippen molar-refractivity contribution < 1.29 is 19.5 Å². The average molecular weight is 276 g/mol. The van der Waals surface area contributed by atoms with Crippen molar-refractivity contribution in [2.24, 2.45) is 5.92 Å². The number of nitrogens with one attached hydrogen (secondary N) is 1. The van der Waals surface area contributed by atoms with Gasteiger partial charge in [0.05, 0.1) is 0 Å². The van der Waals surface area contributed by atoms with E-state index in [0.717, 1.165) is 11.3 Å². The molecular weight excluding hydrogens is 260 g/mol. The lowest BCUT2D eigenvalue weighted by molar-refractivity contribution is -0.140. The average Bonchev–Trinajstić information content (AvgIpc) is 2.79. The lowest BCUT2D eigenvalue weighted by atomic mass is 10.1. The Kier molecular flexibility index (Phi) is 4.02. The van der Waals surface area contributed by atoms with E-state index in [1.54, 1.807) is 4.90 Å². The van der Waals surface area contributed by atoms with Crippen molar-refractivity contribution in [1.82, 2.24) is 5.32 Å². The third kappa shape index (κ3) is 2.96. The quantitative estimate of drug-likeness (QED) is 0.786. The van der Waals surface area contributed by atoms with Crippen LogP contribution < -0.4 is 10.2 Å². The molecule has 1 unspecified atom stereocenters. The number of carboxylic acids is 1. The molecule has 20 heavy (non-hydrogen) atoms. The first-order valence-corrected chi connectivity index (χ1v) is 6.36. The van der Waals surface area contributed by atoms with Crippen LogP contribution in [0.1, 0.15) is 12.0 Å². The topological polar surface area (TPSA) is 86.7 Å². The van der Waals surface area contributed by atoms with Crippen LogP contribution in [0.5, 0.6) is 0 Å². The summed E-state index contributed by atoms with van der Waals surface area (Å²) in [7, 11) is 0. The molecule has 6 heteroatoms.